The molecule has 0 fully saturated rings. The van der Waals surface area contributed by atoms with Gasteiger partial charge in [-0.25, -0.2) is 0 Å². The van der Waals surface area contributed by atoms with Crippen LogP contribution in [0.15, 0.2) is 18.2 Å². The maximum Gasteiger partial charge on any atom is 0.255 e. The smallest absolute Gasteiger partial charge is 0.255 e. The van der Waals surface area contributed by atoms with Crippen LogP contribution >= 0.6 is 0 Å². The Hall–Kier alpha value is -1.55. The van der Waals surface area contributed by atoms with Gasteiger partial charge in [0, 0.05) is 13.2 Å². The van der Waals surface area contributed by atoms with E-state index in [2.05, 4.69) is 19.2 Å². The van der Waals surface area contributed by atoms with E-state index in [-0.39, 0.29) is 12.5 Å². The number of methoxy groups -OCH3 is 1. The van der Waals surface area contributed by atoms with Crippen molar-refractivity contribution in [1.29, 1.82) is 0 Å². The lowest BCUT2D eigenvalue weighted by Gasteiger charge is -2.12. The zero-order valence-electron chi connectivity index (χ0n) is 11.2. The minimum Gasteiger partial charge on any atom is -0.496 e. The SMILES string of the molecule is COc1ccc(C(C)C)cc1C(=O)NCCCO. The van der Waals surface area contributed by atoms with E-state index >= 15 is 0 Å². The number of benzene rings is 1. The van der Waals surface area contributed by atoms with E-state index in [1.165, 1.54) is 0 Å². The number of nitrogens with one attached hydrogen (secondary N) is 1. The Balaban J connectivity index is 2.89. The maximum absolute atomic E-state index is 12.0. The van der Waals surface area contributed by atoms with Crippen molar-refractivity contribution in [2.75, 3.05) is 20.3 Å². The van der Waals surface area contributed by atoms with E-state index in [4.69, 9.17) is 9.84 Å². The van der Waals surface area contributed by atoms with Gasteiger partial charge in [0.2, 0.25) is 0 Å². The fourth-order valence-corrected chi connectivity index (χ4v) is 1.64. The highest BCUT2D eigenvalue weighted by Gasteiger charge is 2.13. The topological polar surface area (TPSA) is 58.6 Å². The van der Waals surface area contributed by atoms with E-state index < -0.39 is 0 Å². The number of carbonyl (C=O) groups is 1. The van der Waals surface area contributed by atoms with Gasteiger partial charge in [0.15, 0.2) is 0 Å². The Morgan fingerprint density at radius 1 is 1.44 bits per heavy atom. The van der Waals surface area contributed by atoms with Crippen LogP contribution in [0.2, 0.25) is 0 Å². The molecule has 0 heterocycles. The van der Waals surface area contributed by atoms with E-state index in [9.17, 15) is 4.79 Å². The fourth-order valence-electron chi connectivity index (χ4n) is 1.64. The zero-order chi connectivity index (χ0) is 13.5. The van der Waals surface area contributed by atoms with Crippen LogP contribution < -0.4 is 10.1 Å². The number of aliphatic hydroxyl groups is 1. The van der Waals surface area contributed by atoms with Gasteiger partial charge in [-0.05, 0) is 30.0 Å². The van der Waals surface area contributed by atoms with Gasteiger partial charge in [-0.15, -0.1) is 0 Å². The quantitative estimate of drug-likeness (QED) is 0.759. The standard InChI is InChI=1S/C14H21NO3/c1-10(2)11-5-6-13(18-3)12(9-11)14(17)15-7-4-8-16/h5-6,9-10,16H,4,7-8H2,1-3H3,(H,15,17). The first-order valence-corrected chi connectivity index (χ1v) is 6.17. The highest BCUT2D eigenvalue weighted by molar-refractivity contribution is 5.97. The van der Waals surface area contributed by atoms with Crippen LogP contribution in [0.4, 0.5) is 0 Å². The normalized spacial score (nSPS) is 10.5. The van der Waals surface area contributed by atoms with Crippen LogP contribution in [0.3, 0.4) is 0 Å². The molecule has 1 aromatic carbocycles. The Bertz CT molecular complexity index is 402. The van der Waals surface area contributed by atoms with Gasteiger partial charge < -0.3 is 15.2 Å². The van der Waals surface area contributed by atoms with Crippen LogP contribution in [0.5, 0.6) is 5.75 Å². The van der Waals surface area contributed by atoms with Crippen molar-refractivity contribution in [1.82, 2.24) is 5.32 Å². The molecule has 100 valence electrons. The number of hydrogen-bond donors (Lipinski definition) is 2. The van der Waals surface area contributed by atoms with Crippen molar-refractivity contribution >= 4 is 5.91 Å². The monoisotopic (exact) mass is 251 g/mol. The summed E-state index contributed by atoms with van der Waals surface area (Å²) in [5, 5.41) is 11.5. The van der Waals surface area contributed by atoms with E-state index in [0.29, 0.717) is 30.2 Å². The molecule has 0 aliphatic rings. The third-order valence-corrected chi connectivity index (χ3v) is 2.76. The number of amides is 1. The molecule has 0 atom stereocenters. The molecule has 1 amide bonds. The molecule has 1 rings (SSSR count). The molecule has 0 aliphatic carbocycles. The Labute approximate surface area is 108 Å². The molecule has 0 unspecified atom stereocenters. The third kappa shape index (κ3) is 3.74. The molecule has 0 saturated carbocycles. The van der Waals surface area contributed by atoms with Crippen molar-refractivity contribution < 1.29 is 14.6 Å². The summed E-state index contributed by atoms with van der Waals surface area (Å²) in [5.74, 6) is 0.767. The first-order valence-electron chi connectivity index (χ1n) is 6.17. The van der Waals surface area contributed by atoms with E-state index in [1.807, 2.05) is 18.2 Å². The molecule has 0 aliphatic heterocycles. The number of rotatable bonds is 6. The average Bonchev–Trinajstić information content (AvgIpc) is 2.38. The first kappa shape index (κ1) is 14.5. The molecule has 4 heteroatoms. The zero-order valence-corrected chi connectivity index (χ0v) is 11.2. The number of ether oxygens (including phenoxy) is 1. The van der Waals surface area contributed by atoms with Crippen molar-refractivity contribution in [3.63, 3.8) is 0 Å². The van der Waals surface area contributed by atoms with Crippen molar-refractivity contribution in [3.8, 4) is 5.75 Å². The van der Waals surface area contributed by atoms with Crippen LogP contribution in [0.1, 0.15) is 42.1 Å². The highest BCUT2D eigenvalue weighted by Crippen LogP contribution is 2.24. The predicted octanol–water partition coefficient (Wildman–Crippen LogP) is 1.93. The van der Waals surface area contributed by atoms with Gasteiger partial charge >= 0.3 is 0 Å². The summed E-state index contributed by atoms with van der Waals surface area (Å²) in [5.41, 5.74) is 1.64. The Kier molecular flexibility index (Phi) is 5.65. The summed E-state index contributed by atoms with van der Waals surface area (Å²) in [6.07, 6.45) is 0.553. The average molecular weight is 251 g/mol. The molecular weight excluding hydrogens is 230 g/mol. The lowest BCUT2D eigenvalue weighted by Crippen LogP contribution is -2.25. The van der Waals surface area contributed by atoms with E-state index in [0.717, 1.165) is 5.56 Å². The Morgan fingerprint density at radius 2 is 2.17 bits per heavy atom. The van der Waals surface area contributed by atoms with Gasteiger partial charge in [0.05, 0.1) is 12.7 Å². The minimum atomic E-state index is -0.164. The summed E-state index contributed by atoms with van der Waals surface area (Å²) in [7, 11) is 1.55. The second kappa shape index (κ2) is 7.01. The van der Waals surface area contributed by atoms with Gasteiger partial charge in [-0.1, -0.05) is 19.9 Å². The lowest BCUT2D eigenvalue weighted by molar-refractivity contribution is 0.0948. The van der Waals surface area contributed by atoms with Crippen LogP contribution in [-0.2, 0) is 0 Å². The largest absolute Gasteiger partial charge is 0.496 e. The number of carbonyl (C=O) groups excluding carboxylic acids is 1. The molecule has 2 N–H and O–H groups in total. The van der Waals surface area contributed by atoms with Gasteiger partial charge in [-0.3, -0.25) is 4.79 Å². The number of aliphatic hydroxyl groups excluding tert-OH is 1. The summed E-state index contributed by atoms with van der Waals surface area (Å²) in [6.45, 7) is 4.69. The molecule has 4 nitrogen and oxygen atoms in total. The van der Waals surface area contributed by atoms with Crippen molar-refractivity contribution in [2.24, 2.45) is 0 Å². The van der Waals surface area contributed by atoms with Crippen molar-refractivity contribution in [2.45, 2.75) is 26.2 Å². The van der Waals surface area contributed by atoms with Gasteiger partial charge in [0.25, 0.3) is 5.91 Å². The van der Waals surface area contributed by atoms with Crippen LogP contribution in [-0.4, -0.2) is 31.3 Å². The van der Waals surface area contributed by atoms with Crippen LogP contribution in [0, 0.1) is 0 Å². The molecule has 0 spiro atoms. The lowest BCUT2D eigenvalue weighted by atomic mass is 10.00. The summed E-state index contributed by atoms with van der Waals surface area (Å²) in [4.78, 5) is 12.0. The van der Waals surface area contributed by atoms with Crippen LogP contribution in [0.25, 0.3) is 0 Å². The Morgan fingerprint density at radius 3 is 2.72 bits per heavy atom. The second-order valence-electron chi connectivity index (χ2n) is 4.45. The summed E-state index contributed by atoms with van der Waals surface area (Å²) >= 11 is 0. The first-order chi connectivity index (χ1) is 8.60. The highest BCUT2D eigenvalue weighted by atomic mass is 16.5. The van der Waals surface area contributed by atoms with Crippen molar-refractivity contribution in [3.05, 3.63) is 29.3 Å². The third-order valence-electron chi connectivity index (χ3n) is 2.76. The van der Waals surface area contributed by atoms with Gasteiger partial charge in [-0.2, -0.15) is 0 Å². The van der Waals surface area contributed by atoms with E-state index in [1.54, 1.807) is 7.11 Å². The van der Waals surface area contributed by atoms with Gasteiger partial charge in [0.1, 0.15) is 5.75 Å². The summed E-state index contributed by atoms with van der Waals surface area (Å²) < 4.78 is 5.20. The maximum atomic E-state index is 12.0. The molecule has 0 radical (unpaired) electrons. The second-order valence-corrected chi connectivity index (χ2v) is 4.45. The number of hydrogen-bond acceptors (Lipinski definition) is 3. The molecule has 18 heavy (non-hydrogen) atoms. The molecule has 0 bridgehead atoms. The fraction of sp³-hybridized carbons (Fsp3) is 0.500. The molecular formula is C14H21NO3. The minimum absolute atomic E-state index is 0.0729. The molecule has 0 aromatic heterocycles. The predicted molar refractivity (Wildman–Crippen MR) is 71.1 cm³/mol. The summed E-state index contributed by atoms with van der Waals surface area (Å²) in [6, 6.07) is 5.64. The molecule has 0 saturated heterocycles. The molecule has 1 aromatic rings.